The van der Waals surface area contributed by atoms with Crippen molar-refractivity contribution < 1.29 is 13.2 Å². The summed E-state index contributed by atoms with van der Waals surface area (Å²) in [6.45, 7) is 2.82. The SMILES string of the molecule is CC(N)C1CCN(S(=O)(=O)c2cc(Br)cc(C(N)=O)c2)CC1.Cl. The van der Waals surface area contributed by atoms with Crippen LogP contribution >= 0.6 is 28.3 Å². The van der Waals surface area contributed by atoms with Crippen molar-refractivity contribution in [2.45, 2.75) is 30.7 Å². The van der Waals surface area contributed by atoms with Gasteiger partial charge >= 0.3 is 0 Å². The van der Waals surface area contributed by atoms with E-state index in [1.54, 1.807) is 0 Å². The predicted molar refractivity (Wildman–Crippen MR) is 95.0 cm³/mol. The van der Waals surface area contributed by atoms with Crippen LogP contribution in [0.1, 0.15) is 30.1 Å². The Bertz CT molecular complexity index is 674. The van der Waals surface area contributed by atoms with Crippen LogP contribution in [0, 0.1) is 5.92 Å². The maximum absolute atomic E-state index is 12.7. The van der Waals surface area contributed by atoms with E-state index in [0.717, 1.165) is 12.8 Å². The Morgan fingerprint density at radius 2 is 1.87 bits per heavy atom. The second-order valence-corrected chi connectivity index (χ2v) is 8.49. The van der Waals surface area contributed by atoms with Gasteiger partial charge in [-0.15, -0.1) is 12.4 Å². The molecule has 0 spiro atoms. The highest BCUT2D eigenvalue weighted by Gasteiger charge is 2.31. The highest BCUT2D eigenvalue weighted by molar-refractivity contribution is 9.10. The summed E-state index contributed by atoms with van der Waals surface area (Å²) >= 11 is 3.22. The molecule has 1 heterocycles. The Hall–Kier alpha value is -0.670. The third-order valence-electron chi connectivity index (χ3n) is 4.04. The molecule has 1 aromatic rings. The number of carbonyl (C=O) groups excluding carboxylic acids is 1. The molecule has 0 aliphatic carbocycles. The summed E-state index contributed by atoms with van der Waals surface area (Å²) in [5.41, 5.74) is 11.3. The Kier molecular flexibility index (Phi) is 7.03. The number of nitrogens with zero attached hydrogens (tertiary/aromatic N) is 1. The molecule has 0 bridgehead atoms. The Morgan fingerprint density at radius 3 is 2.35 bits per heavy atom. The molecule has 6 nitrogen and oxygen atoms in total. The summed E-state index contributed by atoms with van der Waals surface area (Å²) in [4.78, 5) is 11.4. The Morgan fingerprint density at radius 1 is 1.30 bits per heavy atom. The third-order valence-corrected chi connectivity index (χ3v) is 6.37. The first-order chi connectivity index (χ1) is 10.2. The van der Waals surface area contributed by atoms with Gasteiger partial charge in [0.2, 0.25) is 15.9 Å². The standard InChI is InChI=1S/C14H20BrN3O3S.ClH/c1-9(16)10-2-4-18(5-3-10)22(20,21)13-7-11(14(17)19)6-12(15)8-13;/h6-10H,2-5,16H2,1H3,(H2,17,19);1H. The van der Waals surface area contributed by atoms with E-state index in [4.69, 9.17) is 11.5 Å². The molecule has 0 saturated carbocycles. The predicted octanol–water partition coefficient (Wildman–Crippen LogP) is 1.72. The van der Waals surface area contributed by atoms with Crippen LogP contribution in [0.5, 0.6) is 0 Å². The molecule has 2 rings (SSSR count). The fourth-order valence-electron chi connectivity index (χ4n) is 2.64. The van der Waals surface area contributed by atoms with E-state index in [1.165, 1.54) is 22.5 Å². The maximum atomic E-state index is 12.7. The van der Waals surface area contributed by atoms with Gasteiger partial charge in [0.1, 0.15) is 0 Å². The van der Waals surface area contributed by atoms with Gasteiger partial charge in [-0.1, -0.05) is 15.9 Å². The molecule has 1 saturated heterocycles. The minimum absolute atomic E-state index is 0. The fraction of sp³-hybridized carbons (Fsp3) is 0.500. The van der Waals surface area contributed by atoms with Crippen LogP contribution in [-0.4, -0.2) is 37.8 Å². The van der Waals surface area contributed by atoms with Crippen molar-refractivity contribution in [2.24, 2.45) is 17.4 Å². The fourth-order valence-corrected chi connectivity index (χ4v) is 4.83. The number of piperidine rings is 1. The van der Waals surface area contributed by atoms with Crippen molar-refractivity contribution in [3.63, 3.8) is 0 Å². The average Bonchev–Trinajstić information content (AvgIpc) is 2.46. The van der Waals surface area contributed by atoms with Crippen molar-refractivity contribution in [3.05, 3.63) is 28.2 Å². The highest BCUT2D eigenvalue weighted by Crippen LogP contribution is 2.27. The minimum Gasteiger partial charge on any atom is -0.366 e. The molecule has 4 N–H and O–H groups in total. The second kappa shape index (κ2) is 7.94. The van der Waals surface area contributed by atoms with E-state index in [-0.39, 0.29) is 28.9 Å². The number of hydrogen-bond donors (Lipinski definition) is 2. The van der Waals surface area contributed by atoms with E-state index in [2.05, 4.69) is 15.9 Å². The van der Waals surface area contributed by atoms with Crippen LogP contribution in [0.15, 0.2) is 27.6 Å². The minimum atomic E-state index is -3.63. The van der Waals surface area contributed by atoms with Gasteiger partial charge in [-0.2, -0.15) is 4.31 Å². The Labute approximate surface area is 151 Å². The number of carbonyl (C=O) groups is 1. The smallest absolute Gasteiger partial charge is 0.248 e. The summed E-state index contributed by atoms with van der Waals surface area (Å²) in [7, 11) is -3.63. The first-order valence-corrected chi connectivity index (χ1v) is 9.31. The number of nitrogens with two attached hydrogens (primary N) is 2. The van der Waals surface area contributed by atoms with Crippen LogP contribution in [0.2, 0.25) is 0 Å². The summed E-state index contributed by atoms with van der Waals surface area (Å²) in [5.74, 6) is -0.316. The van der Waals surface area contributed by atoms with Crippen LogP contribution < -0.4 is 11.5 Å². The summed E-state index contributed by atoms with van der Waals surface area (Å²) in [6.07, 6.45) is 1.49. The van der Waals surface area contributed by atoms with Crippen molar-refractivity contribution in [2.75, 3.05) is 13.1 Å². The zero-order chi connectivity index (χ0) is 16.5. The quantitative estimate of drug-likeness (QED) is 0.764. The van der Waals surface area contributed by atoms with Crippen LogP contribution in [0.3, 0.4) is 0 Å². The molecule has 9 heteroatoms. The second-order valence-electron chi connectivity index (χ2n) is 5.64. The van der Waals surface area contributed by atoms with Gasteiger partial charge in [-0.25, -0.2) is 8.42 Å². The zero-order valence-electron chi connectivity index (χ0n) is 12.7. The van der Waals surface area contributed by atoms with Crippen molar-refractivity contribution in [1.82, 2.24) is 4.31 Å². The first-order valence-electron chi connectivity index (χ1n) is 7.08. The van der Waals surface area contributed by atoms with Gasteiger partial charge in [0.05, 0.1) is 4.90 Å². The molecule has 1 unspecified atom stereocenters. The summed E-state index contributed by atoms with van der Waals surface area (Å²) in [5, 5.41) is 0. The lowest BCUT2D eigenvalue weighted by atomic mass is 9.92. The van der Waals surface area contributed by atoms with E-state index in [0.29, 0.717) is 23.5 Å². The molecule has 1 aliphatic heterocycles. The molecular formula is C14H21BrClN3O3S. The number of sulfonamides is 1. The molecule has 0 radical (unpaired) electrons. The molecule has 1 amide bonds. The van der Waals surface area contributed by atoms with Crippen molar-refractivity contribution in [3.8, 4) is 0 Å². The normalized spacial score (nSPS) is 18.2. The largest absolute Gasteiger partial charge is 0.366 e. The summed E-state index contributed by atoms with van der Waals surface area (Å²) < 4.78 is 27.4. The first kappa shape index (κ1) is 20.4. The van der Waals surface area contributed by atoms with Gasteiger partial charge in [-0.3, -0.25) is 4.79 Å². The van der Waals surface area contributed by atoms with Gasteiger partial charge in [0.15, 0.2) is 0 Å². The number of hydrogen-bond acceptors (Lipinski definition) is 4. The lowest BCUT2D eigenvalue weighted by Gasteiger charge is -2.33. The molecule has 1 aromatic carbocycles. The van der Waals surface area contributed by atoms with E-state index >= 15 is 0 Å². The Balaban J connectivity index is 0.00000264. The third kappa shape index (κ3) is 4.67. The number of amides is 1. The molecule has 23 heavy (non-hydrogen) atoms. The zero-order valence-corrected chi connectivity index (χ0v) is 16.0. The monoisotopic (exact) mass is 425 g/mol. The van der Waals surface area contributed by atoms with Crippen LogP contribution in [0.25, 0.3) is 0 Å². The topological polar surface area (TPSA) is 106 Å². The van der Waals surface area contributed by atoms with Crippen LogP contribution in [-0.2, 0) is 10.0 Å². The van der Waals surface area contributed by atoms with Gasteiger partial charge in [-0.05, 0) is 43.9 Å². The number of primary amides is 1. The van der Waals surface area contributed by atoms with Crippen molar-refractivity contribution in [1.29, 1.82) is 0 Å². The highest BCUT2D eigenvalue weighted by atomic mass is 79.9. The molecular weight excluding hydrogens is 406 g/mol. The molecule has 130 valence electrons. The molecule has 0 aromatic heterocycles. The van der Waals surface area contributed by atoms with E-state index in [9.17, 15) is 13.2 Å². The van der Waals surface area contributed by atoms with E-state index < -0.39 is 15.9 Å². The number of halogens is 2. The van der Waals surface area contributed by atoms with Gasteiger partial charge in [0.25, 0.3) is 0 Å². The van der Waals surface area contributed by atoms with Gasteiger partial charge in [0, 0.05) is 29.2 Å². The average molecular weight is 427 g/mol. The molecule has 1 aliphatic rings. The van der Waals surface area contributed by atoms with E-state index in [1.807, 2.05) is 6.92 Å². The number of benzene rings is 1. The maximum Gasteiger partial charge on any atom is 0.248 e. The lowest BCUT2D eigenvalue weighted by molar-refractivity contribution is 0.1000. The summed E-state index contributed by atoms with van der Waals surface area (Å²) in [6, 6.07) is 4.38. The van der Waals surface area contributed by atoms with Crippen LogP contribution in [0.4, 0.5) is 0 Å². The molecule has 1 atom stereocenters. The van der Waals surface area contributed by atoms with Gasteiger partial charge < -0.3 is 11.5 Å². The molecule has 1 fully saturated rings. The lowest BCUT2D eigenvalue weighted by Crippen LogP contribution is -2.42. The number of rotatable bonds is 4. The van der Waals surface area contributed by atoms with Crippen molar-refractivity contribution >= 4 is 44.3 Å².